The normalized spacial score (nSPS) is 52.5. The molecule has 0 N–H and O–H groups in total. The van der Waals surface area contributed by atoms with Gasteiger partial charge in [0.05, 0.1) is 0 Å². The van der Waals surface area contributed by atoms with Gasteiger partial charge in [0.2, 0.25) is 0 Å². The van der Waals surface area contributed by atoms with E-state index in [-0.39, 0.29) is 0 Å². The number of hydrogen-bond donors (Lipinski definition) is 0. The van der Waals surface area contributed by atoms with Gasteiger partial charge in [0.1, 0.15) is 0 Å². The van der Waals surface area contributed by atoms with Gasteiger partial charge in [-0.1, -0.05) is 83.4 Å². The van der Waals surface area contributed by atoms with Gasteiger partial charge in [-0.15, -0.1) is 0 Å². The molecule has 0 aromatic carbocycles. The van der Waals surface area contributed by atoms with Crippen molar-refractivity contribution in [2.75, 3.05) is 0 Å². The van der Waals surface area contributed by atoms with Crippen molar-refractivity contribution in [2.45, 2.75) is 107 Å². The van der Waals surface area contributed by atoms with Crippen molar-refractivity contribution in [3.63, 3.8) is 0 Å². The summed E-state index contributed by atoms with van der Waals surface area (Å²) >= 11 is 0. The first kappa shape index (κ1) is 21.1. The van der Waals surface area contributed by atoms with E-state index in [0.29, 0.717) is 33.0 Å². The number of allylic oxidation sites excluding steroid dienone is 6. The Morgan fingerprint density at radius 3 is 2.27 bits per heavy atom. The SMILES string of the molecule is CC1=CCC[C@H]2[C@]3(C)CC[C@@]4(C)C5=CC=C(C(C)C)[C@@]5(C)CC[C@]4(C)[C@H]3CC[C@]12C. The second kappa shape index (κ2) is 6.17. The zero-order chi connectivity index (χ0) is 21.7. The average molecular weight is 407 g/mol. The van der Waals surface area contributed by atoms with Crippen LogP contribution in [-0.2, 0) is 0 Å². The van der Waals surface area contributed by atoms with Crippen LogP contribution < -0.4 is 0 Å². The van der Waals surface area contributed by atoms with Crippen LogP contribution in [-0.4, -0.2) is 0 Å². The molecule has 0 aromatic rings. The molecule has 5 rings (SSSR count). The Balaban J connectivity index is 1.56. The lowest BCUT2D eigenvalue weighted by Crippen LogP contribution is -2.64. The van der Waals surface area contributed by atoms with Crippen LogP contribution in [0.1, 0.15) is 107 Å². The molecule has 0 aliphatic heterocycles. The molecule has 0 saturated heterocycles. The van der Waals surface area contributed by atoms with E-state index in [1.165, 1.54) is 51.4 Å². The third-order valence-electron chi connectivity index (χ3n) is 12.3. The summed E-state index contributed by atoms with van der Waals surface area (Å²) < 4.78 is 0. The second-order valence-corrected chi connectivity index (χ2v) is 13.5. The van der Waals surface area contributed by atoms with E-state index < -0.39 is 0 Å². The highest BCUT2D eigenvalue weighted by atomic mass is 14.7. The fourth-order valence-electron chi connectivity index (χ4n) is 10.3. The van der Waals surface area contributed by atoms with Crippen molar-refractivity contribution in [3.8, 4) is 0 Å². The highest BCUT2D eigenvalue weighted by Crippen LogP contribution is 2.77. The zero-order valence-electron chi connectivity index (χ0n) is 21.1. The molecule has 30 heavy (non-hydrogen) atoms. The minimum absolute atomic E-state index is 0.323. The largest absolute Gasteiger partial charge is 0.0850 e. The summed E-state index contributed by atoms with van der Waals surface area (Å²) in [6.07, 6.45) is 18.9. The topological polar surface area (TPSA) is 0 Å². The summed E-state index contributed by atoms with van der Waals surface area (Å²) in [7, 11) is 0. The molecule has 166 valence electrons. The summed E-state index contributed by atoms with van der Waals surface area (Å²) in [6, 6.07) is 0. The monoisotopic (exact) mass is 406 g/mol. The maximum absolute atomic E-state index is 2.73. The Morgan fingerprint density at radius 1 is 0.833 bits per heavy atom. The summed E-state index contributed by atoms with van der Waals surface area (Å²) in [5.41, 5.74) is 7.32. The van der Waals surface area contributed by atoms with Crippen molar-refractivity contribution in [2.24, 2.45) is 44.8 Å². The van der Waals surface area contributed by atoms with Gasteiger partial charge in [0.15, 0.2) is 0 Å². The van der Waals surface area contributed by atoms with Crippen LogP contribution in [0.4, 0.5) is 0 Å². The van der Waals surface area contributed by atoms with E-state index in [0.717, 1.165) is 11.8 Å². The van der Waals surface area contributed by atoms with Crippen molar-refractivity contribution in [1.82, 2.24) is 0 Å². The zero-order valence-corrected chi connectivity index (χ0v) is 21.1. The molecule has 0 bridgehead atoms. The molecule has 0 nitrogen and oxygen atoms in total. The number of hydrogen-bond acceptors (Lipinski definition) is 0. The minimum atomic E-state index is 0.323. The van der Waals surface area contributed by atoms with Crippen molar-refractivity contribution >= 4 is 0 Å². The fourth-order valence-corrected chi connectivity index (χ4v) is 10.3. The molecule has 0 heterocycles. The van der Waals surface area contributed by atoms with Crippen molar-refractivity contribution in [1.29, 1.82) is 0 Å². The highest BCUT2D eigenvalue weighted by molar-refractivity contribution is 5.47. The Labute approximate surface area is 186 Å². The molecule has 3 fully saturated rings. The lowest BCUT2D eigenvalue weighted by atomic mass is 9.33. The van der Waals surface area contributed by atoms with Crippen molar-refractivity contribution < 1.29 is 0 Å². The lowest BCUT2D eigenvalue weighted by Gasteiger charge is -2.71. The van der Waals surface area contributed by atoms with E-state index in [1.54, 1.807) is 11.1 Å². The van der Waals surface area contributed by atoms with E-state index in [9.17, 15) is 0 Å². The molecule has 0 unspecified atom stereocenters. The van der Waals surface area contributed by atoms with Gasteiger partial charge in [-0.3, -0.25) is 0 Å². The maximum Gasteiger partial charge on any atom is 0.0107 e. The maximum atomic E-state index is 2.73. The lowest BCUT2D eigenvalue weighted by molar-refractivity contribution is -0.187. The molecule has 0 amide bonds. The van der Waals surface area contributed by atoms with Crippen molar-refractivity contribution in [3.05, 3.63) is 34.9 Å². The van der Waals surface area contributed by atoms with E-state index in [2.05, 4.69) is 73.6 Å². The molecule has 0 spiro atoms. The Morgan fingerprint density at radius 2 is 1.57 bits per heavy atom. The van der Waals surface area contributed by atoms with E-state index in [1.807, 2.05) is 5.57 Å². The molecular formula is C30H46. The Bertz CT molecular complexity index is 853. The van der Waals surface area contributed by atoms with Gasteiger partial charge >= 0.3 is 0 Å². The van der Waals surface area contributed by atoms with Crippen LogP contribution >= 0.6 is 0 Å². The summed E-state index contributed by atoms with van der Waals surface area (Å²) in [4.78, 5) is 0. The first-order valence-electron chi connectivity index (χ1n) is 13.0. The number of fused-ring (bicyclic) bond motifs is 7. The Kier molecular flexibility index (Phi) is 4.34. The van der Waals surface area contributed by atoms with Crippen LogP contribution in [0.15, 0.2) is 34.9 Å². The molecule has 5 aliphatic carbocycles. The predicted molar refractivity (Wildman–Crippen MR) is 129 cm³/mol. The minimum Gasteiger partial charge on any atom is -0.0850 e. The third-order valence-corrected chi connectivity index (χ3v) is 12.3. The molecule has 5 aliphatic rings. The Hall–Kier alpha value is -0.780. The number of rotatable bonds is 1. The van der Waals surface area contributed by atoms with Crippen LogP contribution in [0.3, 0.4) is 0 Å². The first-order chi connectivity index (χ1) is 13.9. The standard InChI is InChI=1S/C30H46/c1-20(2)22-12-13-24-27(22,5)16-18-30(8)25-14-15-26(4)21(3)10-9-11-23(26)28(25,6)17-19-29(24,30)7/h10,12-13,20,23,25H,9,11,14-19H2,1-8H3/t23-,25+,26-,27-,28+,29+,30-/m1/s1. The summed E-state index contributed by atoms with van der Waals surface area (Å²) in [6.45, 7) is 20.6. The average Bonchev–Trinajstić information content (AvgIpc) is 3.04. The van der Waals surface area contributed by atoms with E-state index >= 15 is 0 Å². The van der Waals surface area contributed by atoms with Gasteiger partial charge < -0.3 is 0 Å². The van der Waals surface area contributed by atoms with Crippen LogP contribution in [0.2, 0.25) is 0 Å². The first-order valence-corrected chi connectivity index (χ1v) is 13.0. The van der Waals surface area contributed by atoms with Crippen LogP contribution in [0.5, 0.6) is 0 Å². The molecule has 0 heteroatoms. The van der Waals surface area contributed by atoms with Gasteiger partial charge in [0, 0.05) is 5.41 Å². The van der Waals surface area contributed by atoms with Gasteiger partial charge in [-0.2, -0.15) is 0 Å². The van der Waals surface area contributed by atoms with Crippen LogP contribution in [0.25, 0.3) is 0 Å². The van der Waals surface area contributed by atoms with E-state index in [4.69, 9.17) is 0 Å². The molecular weight excluding hydrogens is 360 g/mol. The van der Waals surface area contributed by atoms with Crippen LogP contribution in [0, 0.1) is 44.8 Å². The third kappa shape index (κ3) is 2.25. The van der Waals surface area contributed by atoms with Gasteiger partial charge in [-0.05, 0) is 97.7 Å². The summed E-state index contributed by atoms with van der Waals surface area (Å²) in [5, 5.41) is 0. The highest BCUT2D eigenvalue weighted by Gasteiger charge is 2.68. The van der Waals surface area contributed by atoms with Gasteiger partial charge in [0.25, 0.3) is 0 Å². The predicted octanol–water partition coefficient (Wildman–Crippen LogP) is 8.89. The van der Waals surface area contributed by atoms with Gasteiger partial charge in [-0.25, -0.2) is 0 Å². The molecule has 0 radical (unpaired) electrons. The molecule has 3 saturated carbocycles. The smallest absolute Gasteiger partial charge is 0.0107 e. The fraction of sp³-hybridized carbons (Fsp3) is 0.800. The summed E-state index contributed by atoms with van der Waals surface area (Å²) in [5.74, 6) is 2.42. The second-order valence-electron chi connectivity index (χ2n) is 13.5. The quantitative estimate of drug-likeness (QED) is 0.381. The molecule has 7 atom stereocenters. The molecule has 0 aromatic heterocycles.